The summed E-state index contributed by atoms with van der Waals surface area (Å²) >= 11 is 0. The van der Waals surface area contributed by atoms with E-state index in [0.717, 1.165) is 41.7 Å². The molecule has 0 aliphatic carbocycles. The van der Waals surface area contributed by atoms with E-state index in [1.165, 1.54) is 5.56 Å². The lowest BCUT2D eigenvalue weighted by Gasteiger charge is -2.14. The van der Waals surface area contributed by atoms with Gasteiger partial charge in [-0.3, -0.25) is 0 Å². The highest BCUT2D eigenvalue weighted by Crippen LogP contribution is 2.24. The van der Waals surface area contributed by atoms with Gasteiger partial charge >= 0.3 is 0 Å². The molecule has 4 nitrogen and oxygen atoms in total. The first kappa shape index (κ1) is 14.3. The molecule has 1 heterocycles. The molecule has 0 amide bonds. The fraction of sp³-hybridized carbons (Fsp3) is 0.375. The summed E-state index contributed by atoms with van der Waals surface area (Å²) in [4.78, 5) is 8.94. The standard InChI is InChI=1S/C16H22N4/c1-5-13-8-7-9-14(10-13)20-16-11(3)15(17-6-2)18-12(4)19-16/h7-10H,5-6H2,1-4H3,(H2,17,18,19,20). The average Bonchev–Trinajstić information content (AvgIpc) is 2.44. The van der Waals surface area contributed by atoms with Gasteiger partial charge in [0.15, 0.2) is 0 Å². The van der Waals surface area contributed by atoms with Crippen molar-refractivity contribution in [3.8, 4) is 0 Å². The zero-order valence-corrected chi connectivity index (χ0v) is 12.6. The van der Waals surface area contributed by atoms with Crippen molar-refractivity contribution in [3.05, 3.63) is 41.2 Å². The second-order valence-electron chi connectivity index (χ2n) is 4.80. The molecular weight excluding hydrogens is 248 g/mol. The van der Waals surface area contributed by atoms with Gasteiger partial charge in [0.05, 0.1) is 0 Å². The van der Waals surface area contributed by atoms with Gasteiger partial charge < -0.3 is 10.6 Å². The van der Waals surface area contributed by atoms with Crippen molar-refractivity contribution in [1.29, 1.82) is 0 Å². The monoisotopic (exact) mass is 270 g/mol. The highest BCUT2D eigenvalue weighted by atomic mass is 15.1. The summed E-state index contributed by atoms with van der Waals surface area (Å²) in [5.74, 6) is 2.52. The van der Waals surface area contributed by atoms with Crippen LogP contribution in [0.4, 0.5) is 17.3 Å². The Hall–Kier alpha value is -2.10. The highest BCUT2D eigenvalue weighted by molar-refractivity contribution is 5.65. The minimum atomic E-state index is 0.765. The summed E-state index contributed by atoms with van der Waals surface area (Å²) in [6.45, 7) is 9.01. The molecule has 1 aromatic carbocycles. The number of hydrogen-bond donors (Lipinski definition) is 2. The van der Waals surface area contributed by atoms with E-state index >= 15 is 0 Å². The van der Waals surface area contributed by atoms with Crippen LogP contribution in [0.15, 0.2) is 24.3 Å². The van der Waals surface area contributed by atoms with Gasteiger partial charge in [-0.1, -0.05) is 19.1 Å². The van der Waals surface area contributed by atoms with E-state index in [1.54, 1.807) is 0 Å². The van der Waals surface area contributed by atoms with Gasteiger partial charge in [-0.2, -0.15) is 0 Å². The van der Waals surface area contributed by atoms with Crippen LogP contribution >= 0.6 is 0 Å². The van der Waals surface area contributed by atoms with Gasteiger partial charge in [0.2, 0.25) is 0 Å². The number of aromatic nitrogens is 2. The molecule has 106 valence electrons. The lowest BCUT2D eigenvalue weighted by Crippen LogP contribution is -2.07. The summed E-state index contributed by atoms with van der Waals surface area (Å²) in [6.07, 6.45) is 1.03. The Morgan fingerprint density at radius 2 is 1.80 bits per heavy atom. The molecule has 0 bridgehead atoms. The number of benzene rings is 1. The number of nitrogens with one attached hydrogen (secondary N) is 2. The van der Waals surface area contributed by atoms with Gasteiger partial charge in [-0.05, 0) is 44.9 Å². The van der Waals surface area contributed by atoms with Crippen LogP contribution in [0, 0.1) is 13.8 Å². The summed E-state index contributed by atoms with van der Waals surface area (Å²) in [5, 5.41) is 6.67. The number of aryl methyl sites for hydroxylation is 2. The minimum absolute atomic E-state index is 0.765. The first-order chi connectivity index (χ1) is 9.63. The van der Waals surface area contributed by atoms with Crippen molar-refractivity contribution < 1.29 is 0 Å². The van der Waals surface area contributed by atoms with E-state index in [0.29, 0.717) is 0 Å². The molecule has 0 atom stereocenters. The van der Waals surface area contributed by atoms with Crippen molar-refractivity contribution in [1.82, 2.24) is 9.97 Å². The van der Waals surface area contributed by atoms with Crippen LogP contribution in [-0.4, -0.2) is 16.5 Å². The van der Waals surface area contributed by atoms with E-state index in [2.05, 4.69) is 58.7 Å². The molecule has 0 unspecified atom stereocenters. The Morgan fingerprint density at radius 3 is 2.50 bits per heavy atom. The Balaban J connectivity index is 2.32. The summed E-state index contributed by atoms with van der Waals surface area (Å²) in [5.41, 5.74) is 3.41. The Labute approximate surface area is 120 Å². The zero-order chi connectivity index (χ0) is 14.5. The topological polar surface area (TPSA) is 49.8 Å². The van der Waals surface area contributed by atoms with Gasteiger partial charge in [0.1, 0.15) is 17.5 Å². The van der Waals surface area contributed by atoms with E-state index < -0.39 is 0 Å². The predicted molar refractivity (Wildman–Crippen MR) is 84.8 cm³/mol. The van der Waals surface area contributed by atoms with Crippen molar-refractivity contribution in [3.63, 3.8) is 0 Å². The molecule has 0 fully saturated rings. The minimum Gasteiger partial charge on any atom is -0.370 e. The summed E-state index contributed by atoms with van der Waals surface area (Å²) < 4.78 is 0. The van der Waals surface area contributed by atoms with E-state index in [4.69, 9.17) is 0 Å². The number of rotatable bonds is 5. The van der Waals surface area contributed by atoms with Crippen LogP contribution in [0.3, 0.4) is 0 Å². The Morgan fingerprint density at radius 1 is 1.05 bits per heavy atom. The first-order valence-corrected chi connectivity index (χ1v) is 7.09. The van der Waals surface area contributed by atoms with Gasteiger partial charge in [-0.15, -0.1) is 0 Å². The third-order valence-electron chi connectivity index (χ3n) is 3.20. The lowest BCUT2D eigenvalue weighted by atomic mass is 10.1. The van der Waals surface area contributed by atoms with Crippen LogP contribution in [0.2, 0.25) is 0 Å². The largest absolute Gasteiger partial charge is 0.370 e. The molecule has 0 spiro atoms. The lowest BCUT2D eigenvalue weighted by molar-refractivity contribution is 1.02. The van der Waals surface area contributed by atoms with E-state index in [1.807, 2.05) is 13.8 Å². The molecule has 0 saturated heterocycles. The average molecular weight is 270 g/mol. The van der Waals surface area contributed by atoms with Gasteiger partial charge in [0, 0.05) is 17.8 Å². The second-order valence-corrected chi connectivity index (χ2v) is 4.80. The summed E-state index contributed by atoms with van der Waals surface area (Å²) in [7, 11) is 0. The van der Waals surface area contributed by atoms with Crippen molar-refractivity contribution in [2.24, 2.45) is 0 Å². The molecular formula is C16H22N4. The third kappa shape index (κ3) is 3.26. The molecule has 0 aliphatic rings. The van der Waals surface area contributed by atoms with Crippen LogP contribution in [0.5, 0.6) is 0 Å². The Kier molecular flexibility index (Phi) is 4.56. The summed E-state index contributed by atoms with van der Waals surface area (Å²) in [6, 6.07) is 8.41. The van der Waals surface area contributed by atoms with E-state index in [9.17, 15) is 0 Å². The molecule has 2 aromatic rings. The van der Waals surface area contributed by atoms with Crippen LogP contribution in [-0.2, 0) is 6.42 Å². The predicted octanol–water partition coefficient (Wildman–Crippen LogP) is 3.83. The highest BCUT2D eigenvalue weighted by Gasteiger charge is 2.08. The van der Waals surface area contributed by atoms with E-state index in [-0.39, 0.29) is 0 Å². The molecule has 4 heteroatoms. The molecule has 2 rings (SSSR count). The van der Waals surface area contributed by atoms with Crippen molar-refractivity contribution >= 4 is 17.3 Å². The maximum Gasteiger partial charge on any atom is 0.139 e. The van der Waals surface area contributed by atoms with Crippen molar-refractivity contribution in [2.45, 2.75) is 34.1 Å². The van der Waals surface area contributed by atoms with Gasteiger partial charge in [-0.25, -0.2) is 9.97 Å². The third-order valence-corrected chi connectivity index (χ3v) is 3.20. The number of anilines is 3. The maximum absolute atomic E-state index is 4.50. The maximum atomic E-state index is 4.50. The molecule has 2 N–H and O–H groups in total. The molecule has 0 radical (unpaired) electrons. The number of hydrogen-bond acceptors (Lipinski definition) is 4. The van der Waals surface area contributed by atoms with Gasteiger partial charge in [0.25, 0.3) is 0 Å². The second kappa shape index (κ2) is 6.37. The first-order valence-electron chi connectivity index (χ1n) is 7.09. The van der Waals surface area contributed by atoms with Crippen molar-refractivity contribution in [2.75, 3.05) is 17.2 Å². The van der Waals surface area contributed by atoms with Crippen LogP contribution in [0.25, 0.3) is 0 Å². The zero-order valence-electron chi connectivity index (χ0n) is 12.6. The fourth-order valence-electron chi connectivity index (χ4n) is 2.10. The number of nitrogens with zero attached hydrogens (tertiary/aromatic N) is 2. The molecule has 0 saturated carbocycles. The van der Waals surface area contributed by atoms with Crippen LogP contribution in [0.1, 0.15) is 30.8 Å². The normalized spacial score (nSPS) is 10.4. The van der Waals surface area contributed by atoms with Crippen LogP contribution < -0.4 is 10.6 Å². The SMILES string of the molecule is CCNc1nc(C)nc(Nc2cccc(CC)c2)c1C. The molecule has 20 heavy (non-hydrogen) atoms. The Bertz CT molecular complexity index is 593. The molecule has 1 aromatic heterocycles. The molecule has 0 aliphatic heterocycles. The quantitative estimate of drug-likeness (QED) is 0.867. The smallest absolute Gasteiger partial charge is 0.139 e. The fourth-order valence-corrected chi connectivity index (χ4v) is 2.10.